The van der Waals surface area contributed by atoms with E-state index < -0.39 is 17.9 Å². The summed E-state index contributed by atoms with van der Waals surface area (Å²) < 4.78 is 7.09. The largest absolute Gasteiger partial charge is 0.478 e. The van der Waals surface area contributed by atoms with Crippen LogP contribution in [0.15, 0.2) is 59.5 Å². The van der Waals surface area contributed by atoms with Gasteiger partial charge in [-0.15, -0.1) is 0 Å². The molecule has 0 aliphatic carbocycles. The molecule has 0 radical (unpaired) electrons. The molecular formula is C20H21ClN4O4. The Balaban J connectivity index is 1.85. The summed E-state index contributed by atoms with van der Waals surface area (Å²) in [7, 11) is 0. The SMILES string of the molecule is CC1=C(C(=O)O)C(c2ccccc2Cl)C(C(=O)OCCCn2cncn2)=C(C)N1. The van der Waals surface area contributed by atoms with Gasteiger partial charge < -0.3 is 15.2 Å². The van der Waals surface area contributed by atoms with Crippen molar-refractivity contribution < 1.29 is 19.4 Å². The minimum atomic E-state index is -1.12. The molecule has 9 heteroatoms. The van der Waals surface area contributed by atoms with Gasteiger partial charge in [-0.3, -0.25) is 4.68 Å². The summed E-state index contributed by atoms with van der Waals surface area (Å²) in [6, 6.07) is 6.90. The van der Waals surface area contributed by atoms with Crippen LogP contribution in [0.1, 0.15) is 31.7 Å². The van der Waals surface area contributed by atoms with E-state index in [2.05, 4.69) is 15.4 Å². The Morgan fingerprint density at radius 3 is 2.62 bits per heavy atom. The van der Waals surface area contributed by atoms with E-state index in [9.17, 15) is 14.7 Å². The van der Waals surface area contributed by atoms with Crippen LogP contribution in [0.2, 0.25) is 5.02 Å². The lowest BCUT2D eigenvalue weighted by atomic mass is 9.80. The van der Waals surface area contributed by atoms with Gasteiger partial charge in [0.15, 0.2) is 0 Å². The van der Waals surface area contributed by atoms with E-state index in [1.54, 1.807) is 49.1 Å². The lowest BCUT2D eigenvalue weighted by molar-refractivity contribution is -0.139. The second-order valence-corrected chi connectivity index (χ2v) is 7.02. The van der Waals surface area contributed by atoms with Gasteiger partial charge in [-0.1, -0.05) is 29.8 Å². The fraction of sp³-hybridized carbons (Fsp3) is 0.300. The third kappa shape index (κ3) is 4.48. The molecule has 0 amide bonds. The molecule has 1 aliphatic heterocycles. The molecule has 29 heavy (non-hydrogen) atoms. The number of halogens is 1. The highest BCUT2D eigenvalue weighted by molar-refractivity contribution is 6.31. The second kappa shape index (κ2) is 8.91. The number of aliphatic carboxylic acids is 1. The van der Waals surface area contributed by atoms with Crippen LogP contribution in [0.4, 0.5) is 0 Å². The summed E-state index contributed by atoms with van der Waals surface area (Å²) in [6.45, 7) is 4.10. The molecule has 1 atom stereocenters. The first-order valence-corrected chi connectivity index (χ1v) is 9.43. The van der Waals surface area contributed by atoms with Gasteiger partial charge >= 0.3 is 11.9 Å². The topological polar surface area (TPSA) is 106 Å². The maximum Gasteiger partial charge on any atom is 0.336 e. The van der Waals surface area contributed by atoms with Crippen molar-refractivity contribution in [3.05, 3.63) is 70.0 Å². The van der Waals surface area contributed by atoms with Gasteiger partial charge in [0, 0.05) is 29.4 Å². The van der Waals surface area contributed by atoms with Crippen molar-refractivity contribution in [2.24, 2.45) is 0 Å². The van der Waals surface area contributed by atoms with Crippen molar-refractivity contribution in [1.29, 1.82) is 0 Å². The molecule has 2 heterocycles. The summed E-state index contributed by atoms with van der Waals surface area (Å²) in [5.74, 6) is -2.53. The Bertz CT molecular complexity index is 982. The first kappa shape index (κ1) is 20.6. The molecule has 8 nitrogen and oxygen atoms in total. The molecule has 1 unspecified atom stereocenters. The van der Waals surface area contributed by atoms with Crippen molar-refractivity contribution in [1.82, 2.24) is 20.1 Å². The van der Waals surface area contributed by atoms with E-state index in [0.717, 1.165) is 0 Å². The fourth-order valence-electron chi connectivity index (χ4n) is 3.39. The van der Waals surface area contributed by atoms with Crippen LogP contribution in [0.5, 0.6) is 0 Å². The molecule has 2 N–H and O–H groups in total. The monoisotopic (exact) mass is 416 g/mol. The first-order valence-electron chi connectivity index (χ1n) is 9.06. The number of dihydropyridines is 1. The number of hydrogen-bond donors (Lipinski definition) is 2. The summed E-state index contributed by atoms with van der Waals surface area (Å²) in [5.41, 5.74) is 1.85. The molecule has 2 aromatic rings. The Morgan fingerprint density at radius 1 is 1.24 bits per heavy atom. The fourth-order valence-corrected chi connectivity index (χ4v) is 3.63. The van der Waals surface area contributed by atoms with E-state index in [0.29, 0.717) is 34.9 Å². The molecule has 3 rings (SSSR count). The maximum atomic E-state index is 12.9. The van der Waals surface area contributed by atoms with E-state index >= 15 is 0 Å². The lowest BCUT2D eigenvalue weighted by Gasteiger charge is -2.30. The van der Waals surface area contributed by atoms with Gasteiger partial charge in [0.2, 0.25) is 0 Å². The number of rotatable bonds is 7. The van der Waals surface area contributed by atoms with Crippen molar-refractivity contribution in [3.63, 3.8) is 0 Å². The number of aromatic nitrogens is 3. The Hall–Kier alpha value is -3.13. The van der Waals surface area contributed by atoms with Crippen LogP contribution in [-0.4, -0.2) is 38.4 Å². The number of carboxylic acids is 1. The minimum absolute atomic E-state index is 0.0678. The van der Waals surface area contributed by atoms with Gasteiger partial charge in [0.25, 0.3) is 0 Å². The molecule has 0 saturated heterocycles. The Labute approximate surface area is 172 Å². The van der Waals surface area contributed by atoms with Crippen molar-refractivity contribution in [2.45, 2.75) is 32.7 Å². The predicted molar refractivity (Wildman–Crippen MR) is 106 cm³/mol. The van der Waals surface area contributed by atoms with E-state index in [1.165, 1.54) is 6.33 Å². The predicted octanol–water partition coefficient (Wildman–Crippen LogP) is 2.88. The van der Waals surface area contributed by atoms with Crippen LogP contribution < -0.4 is 5.32 Å². The average Bonchev–Trinajstić information content (AvgIpc) is 3.18. The highest BCUT2D eigenvalue weighted by atomic mass is 35.5. The molecule has 0 bridgehead atoms. The summed E-state index contributed by atoms with van der Waals surface area (Å²) in [6.07, 6.45) is 3.57. The highest BCUT2D eigenvalue weighted by Gasteiger charge is 2.38. The van der Waals surface area contributed by atoms with Crippen LogP contribution in [-0.2, 0) is 20.9 Å². The minimum Gasteiger partial charge on any atom is -0.478 e. The zero-order valence-corrected chi connectivity index (χ0v) is 16.8. The highest BCUT2D eigenvalue weighted by Crippen LogP contribution is 2.41. The molecule has 1 aromatic heterocycles. The summed E-state index contributed by atoms with van der Waals surface area (Å²) in [4.78, 5) is 28.8. The number of ether oxygens (including phenoxy) is 1. The maximum absolute atomic E-state index is 12.9. The van der Waals surface area contributed by atoms with E-state index in [4.69, 9.17) is 16.3 Å². The number of benzene rings is 1. The summed E-state index contributed by atoms with van der Waals surface area (Å²) >= 11 is 6.35. The number of carboxylic acid groups (broad SMARTS) is 1. The van der Waals surface area contributed by atoms with Gasteiger partial charge in [-0.25, -0.2) is 14.6 Å². The smallest absolute Gasteiger partial charge is 0.336 e. The van der Waals surface area contributed by atoms with E-state index in [1.807, 2.05) is 0 Å². The lowest BCUT2D eigenvalue weighted by Crippen LogP contribution is -2.32. The van der Waals surface area contributed by atoms with Crippen molar-refractivity contribution in [3.8, 4) is 0 Å². The van der Waals surface area contributed by atoms with Crippen LogP contribution in [0.3, 0.4) is 0 Å². The quantitative estimate of drug-likeness (QED) is 0.528. The normalized spacial score (nSPS) is 16.6. The summed E-state index contributed by atoms with van der Waals surface area (Å²) in [5, 5.41) is 17.2. The standard InChI is InChI=1S/C20H21ClN4O4/c1-12-16(19(26)27)18(14-6-3-4-7-15(14)21)17(13(2)24-12)20(28)29-9-5-8-25-11-22-10-23-25/h3-4,6-7,10-11,18,24H,5,8-9H2,1-2H3,(H,26,27). The van der Waals surface area contributed by atoms with Crippen LogP contribution in [0, 0.1) is 0 Å². The number of nitrogens with one attached hydrogen (secondary N) is 1. The zero-order chi connectivity index (χ0) is 21.0. The second-order valence-electron chi connectivity index (χ2n) is 6.61. The molecule has 0 spiro atoms. The number of nitrogens with zero attached hydrogens (tertiary/aromatic N) is 3. The van der Waals surface area contributed by atoms with Gasteiger partial charge in [0.05, 0.1) is 23.7 Å². The number of hydrogen-bond acceptors (Lipinski definition) is 6. The third-order valence-corrected chi connectivity index (χ3v) is 5.00. The van der Waals surface area contributed by atoms with Crippen LogP contribution in [0.25, 0.3) is 0 Å². The van der Waals surface area contributed by atoms with E-state index in [-0.39, 0.29) is 17.8 Å². The Morgan fingerprint density at radius 2 is 1.97 bits per heavy atom. The molecule has 1 aliphatic rings. The number of carbonyl (C=O) groups is 2. The zero-order valence-electron chi connectivity index (χ0n) is 16.1. The number of aryl methyl sites for hydroxylation is 1. The molecule has 152 valence electrons. The average molecular weight is 417 g/mol. The Kier molecular flexibility index (Phi) is 6.33. The number of allylic oxidation sites excluding steroid dienone is 2. The first-order chi connectivity index (χ1) is 13.9. The molecule has 0 fully saturated rings. The van der Waals surface area contributed by atoms with Crippen LogP contribution >= 0.6 is 11.6 Å². The van der Waals surface area contributed by atoms with Gasteiger partial charge in [0.1, 0.15) is 12.7 Å². The third-order valence-electron chi connectivity index (χ3n) is 4.66. The molecular weight excluding hydrogens is 396 g/mol. The number of carbonyl (C=O) groups excluding carboxylic acids is 1. The van der Waals surface area contributed by atoms with Gasteiger partial charge in [-0.2, -0.15) is 5.10 Å². The number of esters is 1. The van der Waals surface area contributed by atoms with Gasteiger partial charge in [-0.05, 0) is 25.5 Å². The molecule has 1 aromatic carbocycles. The van der Waals surface area contributed by atoms with Crippen molar-refractivity contribution in [2.75, 3.05) is 6.61 Å². The molecule has 0 saturated carbocycles. The van der Waals surface area contributed by atoms with Crippen molar-refractivity contribution >= 4 is 23.5 Å².